The van der Waals surface area contributed by atoms with Crippen molar-refractivity contribution in [2.45, 2.75) is 11.8 Å². The number of methoxy groups -OCH3 is 1. The quantitative estimate of drug-likeness (QED) is 0.751. The van der Waals surface area contributed by atoms with Gasteiger partial charge in [-0.3, -0.25) is 0 Å². The molecule has 1 nitrogen and oxygen atoms in total. The number of alkyl halides is 1. The van der Waals surface area contributed by atoms with Crippen LogP contribution in [0.4, 0.5) is 8.78 Å². The maximum atomic E-state index is 13.8. The molecule has 4 heteroatoms. The zero-order valence-corrected chi connectivity index (χ0v) is 11.1. The fraction of sp³-hybridized carbons (Fsp3) is 0.200. The summed E-state index contributed by atoms with van der Waals surface area (Å²) < 4.78 is 32.5. The molecule has 0 aromatic heterocycles. The third-order valence-electron chi connectivity index (χ3n) is 2.86. The van der Waals surface area contributed by atoms with E-state index in [1.165, 1.54) is 7.11 Å². The minimum Gasteiger partial charge on any atom is -0.497 e. The number of hydrogen-bond donors (Lipinski definition) is 0. The van der Waals surface area contributed by atoms with E-state index in [0.29, 0.717) is 6.42 Å². The highest BCUT2D eigenvalue weighted by Crippen LogP contribution is 2.31. The van der Waals surface area contributed by atoms with Gasteiger partial charge in [0.15, 0.2) is 0 Å². The topological polar surface area (TPSA) is 9.23 Å². The van der Waals surface area contributed by atoms with Crippen LogP contribution in [0.2, 0.25) is 0 Å². The van der Waals surface area contributed by atoms with Crippen molar-refractivity contribution in [1.29, 1.82) is 0 Å². The van der Waals surface area contributed by atoms with Crippen LogP contribution in [0.25, 0.3) is 0 Å². The summed E-state index contributed by atoms with van der Waals surface area (Å²) in [6.07, 6.45) is 0.364. The van der Waals surface area contributed by atoms with E-state index in [2.05, 4.69) is 0 Å². The van der Waals surface area contributed by atoms with Crippen LogP contribution in [0.3, 0.4) is 0 Å². The summed E-state index contributed by atoms with van der Waals surface area (Å²) in [5.74, 6) is -1.23. The third kappa shape index (κ3) is 3.24. The predicted octanol–water partition coefficient (Wildman–Crippen LogP) is 4.50. The number of rotatable bonds is 4. The summed E-state index contributed by atoms with van der Waals surface area (Å²) in [5.41, 5.74) is 0.809. The first kappa shape index (κ1) is 13.8. The Labute approximate surface area is 115 Å². The molecule has 0 heterocycles. The highest BCUT2D eigenvalue weighted by Gasteiger charge is 2.20. The summed E-state index contributed by atoms with van der Waals surface area (Å²) in [6.45, 7) is 0. The second kappa shape index (κ2) is 6.02. The van der Waals surface area contributed by atoms with Crippen molar-refractivity contribution in [3.05, 3.63) is 65.2 Å². The Kier molecular flexibility index (Phi) is 4.38. The maximum absolute atomic E-state index is 13.8. The van der Waals surface area contributed by atoms with Gasteiger partial charge >= 0.3 is 0 Å². The first-order chi connectivity index (χ1) is 9.11. The van der Waals surface area contributed by atoms with Crippen LogP contribution in [0.5, 0.6) is 5.75 Å². The summed E-state index contributed by atoms with van der Waals surface area (Å²) in [5, 5.41) is -0.756. The van der Waals surface area contributed by atoms with Gasteiger partial charge in [0.1, 0.15) is 17.4 Å². The van der Waals surface area contributed by atoms with Crippen LogP contribution in [0.1, 0.15) is 16.5 Å². The van der Waals surface area contributed by atoms with Gasteiger partial charge < -0.3 is 4.74 Å². The van der Waals surface area contributed by atoms with Crippen molar-refractivity contribution < 1.29 is 13.5 Å². The Morgan fingerprint density at radius 3 is 2.21 bits per heavy atom. The summed E-state index contributed by atoms with van der Waals surface area (Å²) in [7, 11) is 1.36. The van der Waals surface area contributed by atoms with Crippen molar-refractivity contribution in [2.24, 2.45) is 0 Å². The molecule has 0 aliphatic carbocycles. The molecule has 0 radical (unpaired) electrons. The molecular weight excluding hydrogens is 270 g/mol. The lowest BCUT2D eigenvalue weighted by Gasteiger charge is -2.13. The van der Waals surface area contributed by atoms with Gasteiger partial charge in [0, 0.05) is 17.7 Å². The zero-order valence-electron chi connectivity index (χ0n) is 10.4. The van der Waals surface area contributed by atoms with Gasteiger partial charge in [-0.25, -0.2) is 8.78 Å². The number of halogens is 3. The molecule has 2 aromatic carbocycles. The van der Waals surface area contributed by atoms with Crippen LogP contribution in [0, 0.1) is 11.6 Å². The lowest BCUT2D eigenvalue weighted by Crippen LogP contribution is -2.03. The van der Waals surface area contributed by atoms with E-state index in [1.807, 2.05) is 30.3 Å². The predicted molar refractivity (Wildman–Crippen MR) is 71.7 cm³/mol. The van der Waals surface area contributed by atoms with Crippen LogP contribution >= 0.6 is 11.6 Å². The summed E-state index contributed by atoms with van der Waals surface area (Å²) in [4.78, 5) is 0. The Hall–Kier alpha value is -1.61. The van der Waals surface area contributed by atoms with Crippen molar-refractivity contribution in [3.63, 3.8) is 0 Å². The van der Waals surface area contributed by atoms with Gasteiger partial charge in [0.05, 0.1) is 12.5 Å². The van der Waals surface area contributed by atoms with E-state index in [9.17, 15) is 8.78 Å². The number of hydrogen-bond acceptors (Lipinski definition) is 1. The molecule has 2 rings (SSSR count). The third-order valence-corrected chi connectivity index (χ3v) is 3.23. The molecule has 0 aliphatic heterocycles. The monoisotopic (exact) mass is 282 g/mol. The highest BCUT2D eigenvalue weighted by atomic mass is 35.5. The van der Waals surface area contributed by atoms with Gasteiger partial charge in [-0.1, -0.05) is 30.3 Å². The molecule has 0 spiro atoms. The smallest absolute Gasteiger partial charge is 0.134 e. The van der Waals surface area contributed by atoms with Crippen molar-refractivity contribution in [3.8, 4) is 5.75 Å². The Morgan fingerprint density at radius 1 is 1.11 bits per heavy atom. The molecule has 0 amide bonds. The minimum absolute atomic E-state index is 0.119. The molecule has 0 saturated heterocycles. The average Bonchev–Trinajstić information content (AvgIpc) is 2.38. The van der Waals surface area contributed by atoms with Gasteiger partial charge in [-0.2, -0.15) is 0 Å². The molecule has 2 aromatic rings. The van der Waals surface area contributed by atoms with E-state index in [1.54, 1.807) is 0 Å². The molecule has 0 bridgehead atoms. The highest BCUT2D eigenvalue weighted by molar-refractivity contribution is 6.21. The SMILES string of the molecule is COc1cc(F)c(C(Cl)Cc2ccccc2)c(F)c1. The molecule has 100 valence electrons. The van der Waals surface area contributed by atoms with Crippen molar-refractivity contribution in [2.75, 3.05) is 7.11 Å². The molecule has 1 atom stereocenters. The van der Waals surface area contributed by atoms with E-state index in [0.717, 1.165) is 17.7 Å². The fourth-order valence-electron chi connectivity index (χ4n) is 1.90. The Morgan fingerprint density at radius 2 is 1.68 bits per heavy atom. The maximum Gasteiger partial charge on any atom is 0.134 e. The standard InChI is InChI=1S/C15H13ClF2O/c1-19-11-8-13(17)15(14(18)9-11)12(16)7-10-5-3-2-4-6-10/h2-6,8-9,12H,7H2,1H3. The summed E-state index contributed by atoms with van der Waals surface area (Å²) >= 11 is 6.13. The van der Waals surface area contributed by atoms with Crippen LogP contribution in [-0.2, 0) is 6.42 Å². The van der Waals surface area contributed by atoms with Gasteiger partial charge in [-0.15, -0.1) is 11.6 Å². The molecular formula is C15H13ClF2O. The lowest BCUT2D eigenvalue weighted by atomic mass is 10.0. The molecule has 19 heavy (non-hydrogen) atoms. The fourth-order valence-corrected chi connectivity index (χ4v) is 2.29. The van der Waals surface area contributed by atoms with Crippen molar-refractivity contribution in [1.82, 2.24) is 0 Å². The molecule has 0 aliphatic rings. The van der Waals surface area contributed by atoms with Crippen LogP contribution in [-0.4, -0.2) is 7.11 Å². The van der Waals surface area contributed by atoms with Crippen molar-refractivity contribution >= 4 is 11.6 Å². The van der Waals surface area contributed by atoms with Crippen LogP contribution in [0.15, 0.2) is 42.5 Å². The largest absolute Gasteiger partial charge is 0.497 e. The Bertz CT molecular complexity index is 534. The first-order valence-corrected chi connectivity index (χ1v) is 6.26. The lowest BCUT2D eigenvalue weighted by molar-refractivity contribution is 0.405. The second-order valence-corrected chi connectivity index (χ2v) is 4.69. The number of benzene rings is 2. The molecule has 0 N–H and O–H groups in total. The second-order valence-electron chi connectivity index (χ2n) is 4.16. The van der Waals surface area contributed by atoms with E-state index >= 15 is 0 Å². The van der Waals surface area contributed by atoms with E-state index in [-0.39, 0.29) is 11.3 Å². The zero-order chi connectivity index (χ0) is 13.8. The number of ether oxygens (including phenoxy) is 1. The van der Waals surface area contributed by atoms with Gasteiger partial charge in [0.25, 0.3) is 0 Å². The van der Waals surface area contributed by atoms with E-state index < -0.39 is 17.0 Å². The normalized spacial score (nSPS) is 12.2. The minimum atomic E-state index is -0.756. The average molecular weight is 283 g/mol. The summed E-state index contributed by atoms with van der Waals surface area (Å²) in [6, 6.07) is 11.6. The molecule has 1 unspecified atom stereocenters. The molecule has 0 saturated carbocycles. The van der Waals surface area contributed by atoms with Crippen LogP contribution < -0.4 is 4.74 Å². The first-order valence-electron chi connectivity index (χ1n) is 5.82. The van der Waals surface area contributed by atoms with E-state index in [4.69, 9.17) is 16.3 Å². The van der Waals surface area contributed by atoms with Gasteiger partial charge in [-0.05, 0) is 12.0 Å². The van der Waals surface area contributed by atoms with Gasteiger partial charge in [0.2, 0.25) is 0 Å². The Balaban J connectivity index is 2.26. The molecule has 0 fully saturated rings.